The molecule has 0 aliphatic carbocycles. The van der Waals surface area contributed by atoms with E-state index in [9.17, 15) is 20.0 Å². The molecular weight excluding hydrogens is 665 g/mol. The molecule has 0 atom stereocenters. The highest BCUT2D eigenvalue weighted by Crippen LogP contribution is 2.35. The summed E-state index contributed by atoms with van der Waals surface area (Å²) in [5.74, 6) is -0.612. The van der Waals surface area contributed by atoms with Crippen LogP contribution in [0.1, 0.15) is 48.8 Å². The van der Waals surface area contributed by atoms with Gasteiger partial charge < -0.3 is 20.5 Å². The third kappa shape index (κ3) is 6.33. The van der Waals surface area contributed by atoms with Crippen molar-refractivity contribution >= 4 is 71.4 Å². The Morgan fingerprint density at radius 1 is 1.06 bits per heavy atom. The number of nitrogens with two attached hydrogens (primary N) is 1. The summed E-state index contributed by atoms with van der Waals surface area (Å²) >= 11 is 4.14. The fraction of sp³-hybridized carbons (Fsp3) is 0.171. The van der Waals surface area contributed by atoms with Gasteiger partial charge in [0, 0.05) is 34.5 Å². The Bertz CT molecular complexity index is 2170. The standard InChI is InChI=1S/C35H28N6O4S3/c36-17-24-26(19-46-31(24)37)21-10-12-22(13-11-21)45-16-4-9-29-30(33(43)44)39-35(48-29)41-15-14-20-5-3-6-23(25(20)18-41)32(42)40-34-38-27-7-1-2-8-28(27)47-34/h1-3,5-8,10-13,19H,4,9,14-16,18,37H2,(H,43,44)(H,38,40,42). The van der Waals surface area contributed by atoms with Crippen LogP contribution in [-0.2, 0) is 19.4 Å². The number of hydrogen-bond acceptors (Lipinski definition) is 11. The van der Waals surface area contributed by atoms with Crippen LogP contribution >= 0.6 is 34.0 Å². The zero-order valence-corrected chi connectivity index (χ0v) is 27.9. The number of aromatic nitrogens is 2. The number of aryl methyl sites for hydroxylation is 1. The lowest BCUT2D eigenvalue weighted by Gasteiger charge is -2.29. The first-order chi connectivity index (χ1) is 23.4. The second kappa shape index (κ2) is 13.4. The molecule has 0 bridgehead atoms. The number of thiazole rings is 2. The maximum Gasteiger partial charge on any atom is 0.355 e. The molecule has 7 rings (SSSR count). The Balaban J connectivity index is 1.00. The number of nitrogens with one attached hydrogen (secondary N) is 1. The number of fused-ring (bicyclic) bond motifs is 2. The van der Waals surface area contributed by atoms with E-state index in [1.807, 2.05) is 77.0 Å². The number of nitrogen functional groups attached to an aromatic ring is 1. The molecule has 0 saturated carbocycles. The molecule has 4 N–H and O–H groups in total. The Kier molecular flexibility index (Phi) is 8.77. The Hall–Kier alpha value is -5.29. The summed E-state index contributed by atoms with van der Waals surface area (Å²) in [6.45, 7) is 1.50. The van der Waals surface area contributed by atoms with Gasteiger partial charge in [-0.1, -0.05) is 47.7 Å². The summed E-state index contributed by atoms with van der Waals surface area (Å²) in [5, 5.41) is 25.8. The van der Waals surface area contributed by atoms with Crippen LogP contribution in [0.25, 0.3) is 21.3 Å². The number of benzene rings is 3. The van der Waals surface area contributed by atoms with Crippen molar-refractivity contribution in [3.63, 3.8) is 0 Å². The minimum atomic E-state index is -1.07. The molecule has 240 valence electrons. The smallest absolute Gasteiger partial charge is 0.355 e. The van der Waals surface area contributed by atoms with Crippen molar-refractivity contribution in [1.82, 2.24) is 9.97 Å². The van der Waals surface area contributed by atoms with Crippen LogP contribution in [-0.4, -0.2) is 40.1 Å². The summed E-state index contributed by atoms with van der Waals surface area (Å²) < 4.78 is 6.94. The highest BCUT2D eigenvalue weighted by Gasteiger charge is 2.27. The second-order valence-electron chi connectivity index (χ2n) is 11.1. The Morgan fingerprint density at radius 3 is 2.69 bits per heavy atom. The molecule has 0 spiro atoms. The number of thiophene rings is 1. The average Bonchev–Trinajstić information content (AvgIpc) is 3.82. The number of carbonyl (C=O) groups excluding carboxylic acids is 1. The van der Waals surface area contributed by atoms with Crippen molar-refractivity contribution in [3.05, 3.63) is 105 Å². The number of nitriles is 1. The van der Waals surface area contributed by atoms with E-state index in [4.69, 9.17) is 10.5 Å². The summed E-state index contributed by atoms with van der Waals surface area (Å²) in [6, 6.07) is 23.1. The monoisotopic (exact) mass is 692 g/mol. The topological polar surface area (TPSA) is 154 Å². The molecular formula is C35H28N6O4S3. The molecule has 3 aromatic heterocycles. The zero-order chi connectivity index (χ0) is 33.2. The van der Waals surface area contributed by atoms with Crippen LogP contribution < -0.4 is 20.7 Å². The fourth-order valence-corrected chi connectivity index (χ4v) is 8.46. The number of amides is 1. The number of rotatable bonds is 10. The molecule has 6 aromatic rings. The third-order valence-corrected chi connectivity index (χ3v) is 11.0. The second-order valence-corrected chi connectivity index (χ2v) is 14.1. The van der Waals surface area contributed by atoms with Gasteiger partial charge >= 0.3 is 5.97 Å². The molecule has 0 fully saturated rings. The van der Waals surface area contributed by atoms with E-state index >= 15 is 0 Å². The van der Waals surface area contributed by atoms with Gasteiger partial charge in [0.15, 0.2) is 16.0 Å². The number of aromatic carboxylic acids is 1. The predicted molar refractivity (Wildman–Crippen MR) is 191 cm³/mol. The van der Waals surface area contributed by atoms with E-state index in [-0.39, 0.29) is 11.6 Å². The Morgan fingerprint density at radius 2 is 1.90 bits per heavy atom. The van der Waals surface area contributed by atoms with Gasteiger partial charge in [0.2, 0.25) is 0 Å². The third-order valence-electron chi connectivity index (χ3n) is 8.10. The van der Waals surface area contributed by atoms with Crippen molar-refractivity contribution in [1.29, 1.82) is 5.26 Å². The average molecular weight is 693 g/mol. The fourth-order valence-electron chi connectivity index (χ4n) is 5.71. The van der Waals surface area contributed by atoms with Crippen LogP contribution in [0.3, 0.4) is 0 Å². The van der Waals surface area contributed by atoms with Gasteiger partial charge in [-0.25, -0.2) is 14.8 Å². The summed E-state index contributed by atoms with van der Waals surface area (Å²) in [6.07, 6.45) is 1.80. The molecule has 1 aliphatic heterocycles. The van der Waals surface area contributed by atoms with Gasteiger partial charge in [-0.2, -0.15) is 5.26 Å². The lowest BCUT2D eigenvalue weighted by molar-refractivity contribution is 0.0690. The zero-order valence-electron chi connectivity index (χ0n) is 25.4. The number of anilines is 3. The van der Waals surface area contributed by atoms with Gasteiger partial charge in [0.25, 0.3) is 5.91 Å². The van der Waals surface area contributed by atoms with Crippen LogP contribution in [0.15, 0.2) is 72.1 Å². The lowest BCUT2D eigenvalue weighted by Crippen LogP contribution is -2.32. The maximum absolute atomic E-state index is 13.4. The molecule has 0 saturated heterocycles. The summed E-state index contributed by atoms with van der Waals surface area (Å²) in [7, 11) is 0. The number of carboxylic acid groups (broad SMARTS) is 1. The molecule has 1 amide bonds. The van der Waals surface area contributed by atoms with E-state index < -0.39 is 5.97 Å². The van der Waals surface area contributed by atoms with Crippen LogP contribution in [0.4, 0.5) is 15.3 Å². The van der Waals surface area contributed by atoms with Crippen molar-refractivity contribution < 1.29 is 19.4 Å². The van der Waals surface area contributed by atoms with Crippen LogP contribution in [0.2, 0.25) is 0 Å². The van der Waals surface area contributed by atoms with Gasteiger partial charge in [-0.05, 0) is 66.3 Å². The van der Waals surface area contributed by atoms with E-state index in [0.29, 0.717) is 76.0 Å². The number of carboxylic acids is 1. The number of hydrogen-bond donors (Lipinski definition) is 3. The maximum atomic E-state index is 13.4. The molecule has 0 radical (unpaired) electrons. The van der Waals surface area contributed by atoms with Crippen LogP contribution in [0, 0.1) is 11.3 Å². The minimum Gasteiger partial charge on any atom is -0.494 e. The van der Waals surface area contributed by atoms with E-state index in [1.54, 1.807) is 0 Å². The van der Waals surface area contributed by atoms with Crippen molar-refractivity contribution in [2.24, 2.45) is 0 Å². The highest BCUT2D eigenvalue weighted by atomic mass is 32.1. The van der Waals surface area contributed by atoms with Gasteiger partial charge in [-0.15, -0.1) is 22.7 Å². The molecule has 3 aromatic carbocycles. The molecule has 4 heterocycles. The van der Waals surface area contributed by atoms with Crippen molar-refractivity contribution in [3.8, 4) is 22.9 Å². The summed E-state index contributed by atoms with van der Waals surface area (Å²) in [5.41, 5.74) is 11.5. The van der Waals surface area contributed by atoms with Gasteiger partial charge in [0.05, 0.1) is 22.4 Å². The molecule has 10 nitrogen and oxygen atoms in total. The number of para-hydroxylation sites is 1. The molecule has 13 heteroatoms. The number of ether oxygens (including phenoxy) is 1. The minimum absolute atomic E-state index is 0.0512. The largest absolute Gasteiger partial charge is 0.494 e. The molecule has 48 heavy (non-hydrogen) atoms. The number of nitrogens with zero attached hydrogens (tertiary/aromatic N) is 4. The first-order valence-corrected chi connectivity index (χ1v) is 17.6. The highest BCUT2D eigenvalue weighted by molar-refractivity contribution is 7.22. The quantitative estimate of drug-likeness (QED) is 0.124. The Labute approximate surface area is 287 Å². The first kappa shape index (κ1) is 31.3. The normalized spacial score (nSPS) is 12.4. The lowest BCUT2D eigenvalue weighted by atomic mass is 9.94. The van der Waals surface area contributed by atoms with Crippen molar-refractivity contribution in [2.75, 3.05) is 29.1 Å². The van der Waals surface area contributed by atoms with Crippen molar-refractivity contribution in [2.45, 2.75) is 25.8 Å². The van der Waals surface area contributed by atoms with Gasteiger partial charge in [-0.3, -0.25) is 10.1 Å². The molecule has 1 aliphatic rings. The predicted octanol–water partition coefficient (Wildman–Crippen LogP) is 7.46. The molecule has 0 unspecified atom stereocenters. The SMILES string of the molecule is N#Cc1c(-c2ccc(OCCCc3sc(N4CCc5cccc(C(=O)Nc6nc7ccccc7s6)c5C4)nc3C(=O)O)cc2)csc1N. The van der Waals surface area contributed by atoms with Gasteiger partial charge in [0.1, 0.15) is 16.8 Å². The summed E-state index contributed by atoms with van der Waals surface area (Å²) in [4.78, 5) is 37.4. The van der Waals surface area contributed by atoms with E-state index in [0.717, 1.165) is 32.5 Å². The number of carbonyl (C=O) groups is 2. The van der Waals surface area contributed by atoms with E-state index in [1.165, 1.54) is 34.0 Å². The van der Waals surface area contributed by atoms with Crippen LogP contribution in [0.5, 0.6) is 5.75 Å². The first-order valence-electron chi connectivity index (χ1n) is 15.1. The van der Waals surface area contributed by atoms with E-state index in [2.05, 4.69) is 21.4 Å².